The molecular weight excluding hydrogens is 732 g/mol. The van der Waals surface area contributed by atoms with Crippen LogP contribution >= 0.6 is 0 Å². The summed E-state index contributed by atoms with van der Waals surface area (Å²) in [6, 6.07) is 36.6. The van der Waals surface area contributed by atoms with Crippen LogP contribution in [0.3, 0.4) is 0 Å². The summed E-state index contributed by atoms with van der Waals surface area (Å²) < 4.78 is 15.4. The summed E-state index contributed by atoms with van der Waals surface area (Å²) in [6.07, 6.45) is 3.69. The minimum atomic E-state index is -1.50. The van der Waals surface area contributed by atoms with E-state index in [1.165, 1.54) is 23.1 Å². The fourth-order valence-electron chi connectivity index (χ4n) is 9.81. The number of carbonyl (C=O) groups is 4. The van der Waals surface area contributed by atoms with Crippen LogP contribution in [0.15, 0.2) is 155 Å². The number of imide groups is 1. The van der Waals surface area contributed by atoms with Gasteiger partial charge in [0.25, 0.3) is 0 Å². The summed E-state index contributed by atoms with van der Waals surface area (Å²) in [4.78, 5) is 62.4. The first-order chi connectivity index (χ1) is 28.1. The molecule has 1 heterocycles. The van der Waals surface area contributed by atoms with Crippen molar-refractivity contribution in [2.75, 3.05) is 23.9 Å². The molecule has 0 aromatic heterocycles. The van der Waals surface area contributed by atoms with E-state index in [2.05, 4.69) is 10.2 Å². The zero-order valence-corrected chi connectivity index (χ0v) is 31.8. The summed E-state index contributed by atoms with van der Waals surface area (Å²) in [5, 5.41) is 19.0. The summed E-state index contributed by atoms with van der Waals surface area (Å²) >= 11 is 0. The molecule has 5 aromatic rings. The molecule has 1 aliphatic heterocycles. The lowest BCUT2D eigenvalue weighted by Gasteiger charge is -2.55. The molecule has 58 heavy (non-hydrogen) atoms. The van der Waals surface area contributed by atoms with Gasteiger partial charge in [0.05, 0.1) is 34.3 Å². The number of benzene rings is 5. The van der Waals surface area contributed by atoms with Gasteiger partial charge in [-0.15, -0.1) is 0 Å². The number of hydrogen-bond donors (Lipinski definition) is 1. The molecule has 6 atom stereocenters. The number of rotatable bonds is 7. The predicted molar refractivity (Wildman–Crippen MR) is 219 cm³/mol. The van der Waals surface area contributed by atoms with E-state index in [-0.39, 0.29) is 35.9 Å². The molecule has 1 N–H and O–H groups in total. The zero-order valence-electron chi connectivity index (χ0n) is 31.8. The molecule has 9 rings (SSSR count). The van der Waals surface area contributed by atoms with E-state index in [1.807, 2.05) is 85.7 Å². The van der Waals surface area contributed by atoms with Crippen molar-refractivity contribution in [3.63, 3.8) is 0 Å². The van der Waals surface area contributed by atoms with Crippen molar-refractivity contribution < 1.29 is 28.7 Å². The second kappa shape index (κ2) is 14.3. The highest BCUT2D eigenvalue weighted by Gasteiger charge is 2.66. The molecular formula is C48H39FN4O5. The number of Topliss-reactive ketones (excluding diaryl/α,β-unsaturated/α-hetero) is 1. The van der Waals surface area contributed by atoms with Crippen molar-refractivity contribution in [1.29, 1.82) is 0 Å². The van der Waals surface area contributed by atoms with Gasteiger partial charge in [-0.2, -0.15) is 10.2 Å². The molecule has 2 fully saturated rings. The maximum absolute atomic E-state index is 15.4. The van der Waals surface area contributed by atoms with Crippen LogP contribution in [0, 0.1) is 29.5 Å². The van der Waals surface area contributed by atoms with Crippen LogP contribution in [0.25, 0.3) is 5.57 Å². The van der Waals surface area contributed by atoms with Crippen LogP contribution in [0.5, 0.6) is 5.75 Å². The third-order valence-electron chi connectivity index (χ3n) is 12.4. The summed E-state index contributed by atoms with van der Waals surface area (Å²) in [5.41, 5.74) is 3.71. The van der Waals surface area contributed by atoms with Crippen LogP contribution in [0.4, 0.5) is 27.1 Å². The lowest BCUT2D eigenvalue weighted by atomic mass is 9.44. The minimum absolute atomic E-state index is 0.120. The second-order valence-electron chi connectivity index (χ2n) is 15.6. The van der Waals surface area contributed by atoms with Crippen LogP contribution in [-0.2, 0) is 24.6 Å². The molecule has 10 heteroatoms. The maximum Gasteiger partial charge on any atom is 0.238 e. The number of hydrogen-bond acceptors (Lipinski definition) is 8. The Morgan fingerprint density at radius 2 is 1.40 bits per heavy atom. The first-order valence-electron chi connectivity index (χ1n) is 19.3. The number of allylic oxidation sites excluding steroid dienone is 4. The van der Waals surface area contributed by atoms with Crippen molar-refractivity contribution in [1.82, 2.24) is 0 Å². The predicted octanol–water partition coefficient (Wildman–Crippen LogP) is 9.04. The molecule has 9 nitrogen and oxygen atoms in total. The highest BCUT2D eigenvalue weighted by atomic mass is 19.1. The maximum atomic E-state index is 15.4. The fourth-order valence-corrected chi connectivity index (χ4v) is 9.81. The van der Waals surface area contributed by atoms with Gasteiger partial charge >= 0.3 is 0 Å². The fraction of sp³-hybridized carbons (Fsp3) is 0.208. The molecule has 1 saturated heterocycles. The highest BCUT2D eigenvalue weighted by molar-refractivity contribution is 6.32. The molecule has 3 aliphatic carbocycles. The quantitative estimate of drug-likeness (QED) is 0.100. The van der Waals surface area contributed by atoms with Gasteiger partial charge in [0.1, 0.15) is 0 Å². The highest BCUT2D eigenvalue weighted by Crippen LogP contribution is 2.64. The summed E-state index contributed by atoms with van der Waals surface area (Å²) in [6.45, 7) is 0. The minimum Gasteiger partial charge on any atom is -0.505 e. The molecule has 5 aromatic carbocycles. The van der Waals surface area contributed by atoms with E-state index >= 15 is 14.0 Å². The van der Waals surface area contributed by atoms with Crippen molar-refractivity contribution in [3.05, 3.63) is 168 Å². The van der Waals surface area contributed by atoms with E-state index in [4.69, 9.17) is 0 Å². The lowest BCUT2D eigenvalue weighted by molar-refractivity contribution is -0.135. The van der Waals surface area contributed by atoms with Gasteiger partial charge in [0, 0.05) is 37.2 Å². The first-order valence-corrected chi connectivity index (χ1v) is 19.3. The largest absolute Gasteiger partial charge is 0.505 e. The van der Waals surface area contributed by atoms with Gasteiger partial charge in [0.15, 0.2) is 23.1 Å². The number of phenolic OH excluding ortho intramolecular Hbond substituents is 1. The van der Waals surface area contributed by atoms with E-state index in [9.17, 15) is 14.7 Å². The number of azo groups is 1. The van der Waals surface area contributed by atoms with Crippen molar-refractivity contribution in [2.24, 2.45) is 33.9 Å². The second-order valence-corrected chi connectivity index (χ2v) is 15.6. The zero-order chi connectivity index (χ0) is 40.3. The Kier molecular flexibility index (Phi) is 9.07. The molecule has 1 saturated carbocycles. The normalized spacial score (nSPS) is 25.2. The molecule has 288 valence electrons. The molecule has 0 radical (unpaired) electrons. The number of amides is 2. The van der Waals surface area contributed by atoms with E-state index in [0.717, 1.165) is 5.69 Å². The Morgan fingerprint density at radius 3 is 2.03 bits per heavy atom. The number of anilines is 2. The Hall–Kier alpha value is -6.81. The van der Waals surface area contributed by atoms with Crippen molar-refractivity contribution in [2.45, 2.75) is 24.2 Å². The molecule has 0 unspecified atom stereocenters. The van der Waals surface area contributed by atoms with Gasteiger partial charge < -0.3 is 10.0 Å². The van der Waals surface area contributed by atoms with Gasteiger partial charge in [0.2, 0.25) is 11.8 Å². The third kappa shape index (κ3) is 5.81. The number of aromatic hydroxyl groups is 1. The van der Waals surface area contributed by atoms with Crippen LogP contribution in [0.1, 0.15) is 35.4 Å². The van der Waals surface area contributed by atoms with Gasteiger partial charge in [-0.1, -0.05) is 78.4 Å². The Labute approximate surface area is 334 Å². The molecule has 0 bridgehead atoms. The SMILES string of the molecule is CN(C)c1ccc(N=Nc2ccc(N3C(=O)[C@H]4[C@H](CC=C5[C@H]4C[C@H]4C(=O)C(c6ccccc6)=CC(=O)[C@@]4(c4ccccc4)[C@H]5c4ccc(O)c(F)c4)C3=O)cc2)cc1. The molecule has 2 amide bonds. The number of halogens is 1. The van der Waals surface area contributed by atoms with Crippen LogP contribution < -0.4 is 9.80 Å². The van der Waals surface area contributed by atoms with Gasteiger partial charge in [-0.3, -0.25) is 24.1 Å². The monoisotopic (exact) mass is 770 g/mol. The molecule has 0 spiro atoms. The van der Waals surface area contributed by atoms with Crippen LogP contribution in [-0.4, -0.2) is 42.6 Å². The smallest absolute Gasteiger partial charge is 0.238 e. The number of ketones is 2. The van der Waals surface area contributed by atoms with Crippen molar-refractivity contribution in [3.8, 4) is 5.75 Å². The Bertz CT molecular complexity index is 2570. The number of phenols is 1. The van der Waals surface area contributed by atoms with Crippen molar-refractivity contribution >= 4 is 51.7 Å². The number of nitrogens with zero attached hydrogens (tertiary/aromatic N) is 4. The topological polar surface area (TPSA) is 120 Å². The number of fused-ring (bicyclic) bond motifs is 4. The van der Waals surface area contributed by atoms with Gasteiger partial charge in [-0.25, -0.2) is 4.39 Å². The van der Waals surface area contributed by atoms with Crippen LogP contribution in [0.2, 0.25) is 0 Å². The number of carbonyl (C=O) groups excluding carboxylic acids is 4. The summed E-state index contributed by atoms with van der Waals surface area (Å²) in [7, 11) is 3.92. The average Bonchev–Trinajstić information content (AvgIpc) is 3.51. The first kappa shape index (κ1) is 36.8. The standard InChI is InChI=1S/C48H39FN4O5/c1-52(2)33-18-14-31(15-19-33)50-51-32-16-20-34(21-17-32)53-46(57)36-23-22-35-38(43(36)47(53)58)26-39-45(56)37(28-9-5-3-6-10-28)27-42(55)48(39,30-11-7-4-8-12-30)44(35)29-13-24-41(54)40(49)25-29/h3-22,24-25,27,36,38-39,43-44,54H,23,26H2,1-2H3/t36-,38+,39-,43-,44-,48-/m0/s1. The third-order valence-corrected chi connectivity index (χ3v) is 12.4. The Morgan fingerprint density at radius 1 is 0.759 bits per heavy atom. The average molecular weight is 771 g/mol. The Balaban J connectivity index is 1.12. The summed E-state index contributed by atoms with van der Waals surface area (Å²) in [5.74, 6) is -6.72. The van der Waals surface area contributed by atoms with E-state index in [1.54, 1.807) is 54.6 Å². The van der Waals surface area contributed by atoms with E-state index < -0.39 is 52.5 Å². The van der Waals surface area contributed by atoms with E-state index in [0.29, 0.717) is 39.3 Å². The lowest BCUT2D eigenvalue weighted by Crippen LogP contribution is -2.58. The molecule has 4 aliphatic rings. The van der Waals surface area contributed by atoms with Gasteiger partial charge in [-0.05, 0) is 102 Å².